The van der Waals surface area contributed by atoms with Gasteiger partial charge in [-0.25, -0.2) is 13.9 Å². The zero-order valence-corrected chi connectivity index (χ0v) is 19.1. The number of anilines is 1. The van der Waals surface area contributed by atoms with Gasteiger partial charge in [-0.2, -0.15) is 5.10 Å². The minimum atomic E-state index is -0.395. The first-order valence-corrected chi connectivity index (χ1v) is 10.3. The minimum Gasteiger partial charge on any atom is -0.369 e. The van der Waals surface area contributed by atoms with Gasteiger partial charge in [-0.15, -0.1) is 0 Å². The van der Waals surface area contributed by atoms with Crippen LogP contribution < -0.4 is 11.2 Å². The first kappa shape index (κ1) is 24.2. The molecule has 1 aromatic carbocycles. The molecule has 2 aromatic heterocycles. The largest absolute Gasteiger partial charge is 0.369 e. The molecule has 0 amide bonds. The van der Waals surface area contributed by atoms with E-state index in [2.05, 4.69) is 15.1 Å². The fourth-order valence-electron chi connectivity index (χ4n) is 3.48. The lowest BCUT2D eigenvalue weighted by Gasteiger charge is -2.18. The van der Waals surface area contributed by atoms with Crippen LogP contribution >= 0.6 is 0 Å². The van der Waals surface area contributed by atoms with E-state index in [-0.39, 0.29) is 23.7 Å². The van der Waals surface area contributed by atoms with Crippen LogP contribution in [0, 0.1) is 30.5 Å². The Balaban J connectivity index is 2.36. The van der Waals surface area contributed by atoms with Crippen molar-refractivity contribution in [1.29, 1.82) is 10.8 Å². The Bertz CT molecular complexity index is 1320. The summed E-state index contributed by atoms with van der Waals surface area (Å²) in [5.74, 6) is -0.486. The van der Waals surface area contributed by atoms with E-state index in [0.717, 1.165) is 22.2 Å². The van der Waals surface area contributed by atoms with E-state index in [9.17, 15) is 9.18 Å². The number of benzene rings is 1. The van der Waals surface area contributed by atoms with E-state index in [1.54, 1.807) is 19.2 Å². The molecule has 0 unspecified atom stereocenters. The zero-order valence-electron chi connectivity index (χ0n) is 19.1. The van der Waals surface area contributed by atoms with Gasteiger partial charge in [0.2, 0.25) is 12.4 Å². The number of rotatable bonds is 8. The minimum absolute atomic E-state index is 0.0912. The van der Waals surface area contributed by atoms with E-state index >= 15 is 0 Å². The molecule has 0 aliphatic heterocycles. The third kappa shape index (κ3) is 5.47. The van der Waals surface area contributed by atoms with Crippen molar-refractivity contribution in [2.45, 2.75) is 13.8 Å². The summed E-state index contributed by atoms with van der Waals surface area (Å²) in [5.41, 5.74) is 10.3. The highest BCUT2D eigenvalue weighted by Gasteiger charge is 2.19. The molecule has 0 spiro atoms. The predicted molar refractivity (Wildman–Crippen MR) is 131 cm³/mol. The highest BCUT2D eigenvalue weighted by Crippen LogP contribution is 2.29. The average molecular weight is 461 g/mol. The monoisotopic (exact) mass is 460 g/mol. The molecule has 3 aromatic rings. The number of allylic oxidation sites excluding steroid dienone is 1. The fourth-order valence-corrected chi connectivity index (χ4v) is 3.48. The van der Waals surface area contributed by atoms with Crippen LogP contribution in [0.25, 0.3) is 22.4 Å². The Morgan fingerprint density at radius 3 is 2.41 bits per heavy atom. The summed E-state index contributed by atoms with van der Waals surface area (Å²) in [7, 11) is 1.66. The molecule has 2 heterocycles. The molecule has 0 aliphatic carbocycles. The van der Waals surface area contributed by atoms with Crippen LogP contribution in [-0.2, 0) is 4.79 Å². The lowest BCUT2D eigenvalue weighted by atomic mass is 9.99. The Kier molecular flexibility index (Phi) is 7.42. The molecule has 0 atom stereocenters. The third-order valence-electron chi connectivity index (χ3n) is 4.81. The van der Waals surface area contributed by atoms with Gasteiger partial charge in [-0.1, -0.05) is 0 Å². The predicted octanol–water partition coefficient (Wildman–Crippen LogP) is 2.96. The van der Waals surface area contributed by atoms with Crippen molar-refractivity contribution in [3.63, 3.8) is 0 Å². The highest BCUT2D eigenvalue weighted by molar-refractivity contribution is 5.96. The van der Waals surface area contributed by atoms with Crippen molar-refractivity contribution in [1.82, 2.24) is 19.5 Å². The highest BCUT2D eigenvalue weighted by atomic mass is 19.1. The quantitative estimate of drug-likeness (QED) is 0.270. The summed E-state index contributed by atoms with van der Waals surface area (Å²) in [6.45, 7) is 3.82. The van der Waals surface area contributed by atoms with Crippen molar-refractivity contribution in [3.8, 4) is 22.4 Å². The fraction of sp³-hybridized carbons (Fsp3) is 0.167. The SMILES string of the molecule is Cc1cc(-c2c(-c3ccc(F)cc3)nc(N)n(C=O)/c2=N\N(C)CC(=N)/C=C\C=N)cc(C)n1. The molecule has 0 fully saturated rings. The van der Waals surface area contributed by atoms with Gasteiger partial charge in [0.15, 0.2) is 5.49 Å². The van der Waals surface area contributed by atoms with E-state index in [1.807, 2.05) is 26.0 Å². The number of nitrogens with zero attached hydrogens (tertiary/aromatic N) is 5. The van der Waals surface area contributed by atoms with Gasteiger partial charge in [-0.3, -0.25) is 14.8 Å². The maximum absolute atomic E-state index is 13.6. The molecular formula is C24H25FN8O. The van der Waals surface area contributed by atoms with Gasteiger partial charge in [0, 0.05) is 30.2 Å². The maximum atomic E-state index is 13.6. The van der Waals surface area contributed by atoms with Crippen LogP contribution in [0.3, 0.4) is 0 Å². The van der Waals surface area contributed by atoms with Crippen LogP contribution in [-0.4, -0.2) is 51.5 Å². The first-order valence-electron chi connectivity index (χ1n) is 10.3. The Hall–Kier alpha value is -4.47. The summed E-state index contributed by atoms with van der Waals surface area (Å²) >= 11 is 0. The van der Waals surface area contributed by atoms with Gasteiger partial charge < -0.3 is 16.6 Å². The summed E-state index contributed by atoms with van der Waals surface area (Å²) in [6.07, 6.45) is 4.52. The standard InChI is InChI=1S/C24H25FN8O/c1-15-11-18(12-16(2)29-15)21-22(17-6-8-19(25)9-7-17)30-24(28)33(14-34)23(21)31-32(3)13-20(27)5-4-10-26/h4-12,14,26-27H,13H2,1-3H3,(H2,28,30)/b5-4-,26-10?,27-20?,31-23-. The Labute approximate surface area is 196 Å². The number of pyridine rings is 1. The van der Waals surface area contributed by atoms with Gasteiger partial charge >= 0.3 is 0 Å². The lowest BCUT2D eigenvalue weighted by Crippen LogP contribution is -2.32. The van der Waals surface area contributed by atoms with Crippen LogP contribution in [0.4, 0.5) is 10.3 Å². The van der Waals surface area contributed by atoms with Gasteiger partial charge in [-0.05, 0) is 68.0 Å². The number of nitrogens with one attached hydrogen (secondary N) is 2. The van der Waals surface area contributed by atoms with Crippen molar-refractivity contribution in [2.24, 2.45) is 5.10 Å². The second kappa shape index (κ2) is 10.4. The molecule has 0 saturated heterocycles. The molecule has 0 aliphatic rings. The van der Waals surface area contributed by atoms with Gasteiger partial charge in [0.25, 0.3) is 0 Å². The maximum Gasteiger partial charge on any atom is 0.222 e. The molecule has 10 heteroatoms. The number of carbonyl (C=O) groups is 1. The van der Waals surface area contributed by atoms with Crippen LogP contribution in [0.5, 0.6) is 0 Å². The number of hydrogen-bond acceptors (Lipinski definition) is 8. The third-order valence-corrected chi connectivity index (χ3v) is 4.81. The number of hydrogen-bond donors (Lipinski definition) is 3. The van der Waals surface area contributed by atoms with Crippen LogP contribution in [0.15, 0.2) is 53.7 Å². The molecule has 4 N–H and O–H groups in total. The molecule has 0 saturated carbocycles. The molecule has 3 rings (SSSR count). The van der Waals surface area contributed by atoms with Crippen molar-refractivity contribution >= 4 is 24.3 Å². The number of halogens is 1. The van der Waals surface area contributed by atoms with Crippen molar-refractivity contribution in [3.05, 3.63) is 71.2 Å². The topological polar surface area (TPSA) is 137 Å². The normalized spacial score (nSPS) is 11.6. The number of aromatic nitrogens is 3. The Morgan fingerprint density at radius 2 is 1.82 bits per heavy atom. The molecule has 9 nitrogen and oxygen atoms in total. The molecule has 0 radical (unpaired) electrons. The zero-order chi connectivity index (χ0) is 24.8. The summed E-state index contributed by atoms with van der Waals surface area (Å²) in [6, 6.07) is 9.49. The molecular weight excluding hydrogens is 435 g/mol. The summed E-state index contributed by atoms with van der Waals surface area (Å²) in [5, 5.41) is 21.2. The summed E-state index contributed by atoms with van der Waals surface area (Å²) in [4.78, 5) is 20.9. The van der Waals surface area contributed by atoms with E-state index < -0.39 is 5.82 Å². The first-order chi connectivity index (χ1) is 16.2. The Morgan fingerprint density at radius 1 is 1.18 bits per heavy atom. The number of nitrogens with two attached hydrogens (primary N) is 1. The molecule has 174 valence electrons. The van der Waals surface area contributed by atoms with Crippen molar-refractivity contribution in [2.75, 3.05) is 19.3 Å². The lowest BCUT2D eigenvalue weighted by molar-refractivity contribution is 0.386. The van der Waals surface area contributed by atoms with Crippen molar-refractivity contribution < 1.29 is 9.18 Å². The van der Waals surface area contributed by atoms with Gasteiger partial charge in [0.05, 0.1) is 23.5 Å². The number of carbonyl (C=O) groups excluding carboxylic acids is 1. The molecule has 34 heavy (non-hydrogen) atoms. The summed E-state index contributed by atoms with van der Waals surface area (Å²) < 4.78 is 14.7. The molecule has 0 bridgehead atoms. The second-order valence-corrected chi connectivity index (χ2v) is 7.60. The number of nitrogen functional groups attached to an aromatic ring is 1. The average Bonchev–Trinajstić information content (AvgIpc) is 2.77. The number of aryl methyl sites for hydroxylation is 2. The van der Waals surface area contributed by atoms with Crippen LogP contribution in [0.1, 0.15) is 11.4 Å². The van der Waals surface area contributed by atoms with E-state index in [1.165, 1.54) is 29.3 Å². The second-order valence-electron chi connectivity index (χ2n) is 7.60. The van der Waals surface area contributed by atoms with Crippen LogP contribution in [0.2, 0.25) is 0 Å². The van der Waals surface area contributed by atoms with E-state index in [0.29, 0.717) is 28.8 Å². The van der Waals surface area contributed by atoms with Gasteiger partial charge in [0.1, 0.15) is 5.82 Å². The van der Waals surface area contributed by atoms with E-state index in [4.69, 9.17) is 16.6 Å². The smallest absolute Gasteiger partial charge is 0.222 e.